The third-order valence-corrected chi connectivity index (χ3v) is 10.3. The maximum absolute atomic E-state index is 13.7. The SMILES string of the molecule is CC(C)[C@@H]1NC(=O)c2csc(n2)[C@H](Cc2ccccc2)NC(=O)CN(C(=O)CN2CCCN(C)CC2)CCCNC(=O)c2csc1n2. The summed E-state index contributed by atoms with van der Waals surface area (Å²) in [6, 6.07) is 8.88. The van der Waals surface area contributed by atoms with E-state index in [9.17, 15) is 19.2 Å². The molecule has 2 aliphatic rings. The molecule has 2 atom stereocenters. The first kappa shape index (κ1) is 34.6. The van der Waals surface area contributed by atoms with E-state index in [0.717, 1.165) is 38.2 Å². The van der Waals surface area contributed by atoms with Gasteiger partial charge in [0.05, 0.1) is 25.2 Å². The molecule has 5 rings (SSSR count). The molecule has 0 spiro atoms. The van der Waals surface area contributed by atoms with Crippen molar-refractivity contribution in [3.05, 3.63) is 68.1 Å². The van der Waals surface area contributed by atoms with Crippen LogP contribution in [0.5, 0.6) is 0 Å². The van der Waals surface area contributed by atoms with E-state index in [1.54, 1.807) is 15.7 Å². The lowest BCUT2D eigenvalue weighted by Crippen LogP contribution is -2.47. The van der Waals surface area contributed by atoms with E-state index in [0.29, 0.717) is 35.9 Å². The monoisotopic (exact) mass is 680 g/mol. The summed E-state index contributed by atoms with van der Waals surface area (Å²) in [6.45, 7) is 8.15. The molecule has 47 heavy (non-hydrogen) atoms. The molecular weight excluding hydrogens is 637 g/mol. The van der Waals surface area contributed by atoms with Gasteiger partial charge < -0.3 is 25.8 Å². The zero-order valence-electron chi connectivity index (χ0n) is 27.2. The first-order chi connectivity index (χ1) is 22.7. The summed E-state index contributed by atoms with van der Waals surface area (Å²) in [5.74, 6) is -1.11. The standard InChI is InChI=1S/C33H44N8O4S2/c1-22(2)29-33-37-25(20-47-33)30(44)34-11-7-14-41(28(43)19-40-13-8-12-39(3)15-16-40)18-27(42)35-24(17-23-9-5-4-6-10-23)32-36-26(21-46-32)31(45)38-29/h4-6,9-10,20-22,24,29H,7-8,11-19H2,1-3H3,(H,34,44)(H,35,42)(H,38,45)/t24-,29-/m0/s1. The van der Waals surface area contributed by atoms with E-state index in [4.69, 9.17) is 0 Å². The second-order valence-corrected chi connectivity index (χ2v) is 14.3. The van der Waals surface area contributed by atoms with Crippen molar-refractivity contribution < 1.29 is 19.2 Å². The fourth-order valence-corrected chi connectivity index (χ4v) is 7.55. The molecular formula is C33H44N8O4S2. The van der Waals surface area contributed by atoms with Gasteiger partial charge in [0.25, 0.3) is 11.8 Å². The Hall–Kier alpha value is -3.72. The lowest BCUT2D eigenvalue weighted by atomic mass is 10.0. The summed E-state index contributed by atoms with van der Waals surface area (Å²) in [6.07, 6.45) is 1.92. The first-order valence-electron chi connectivity index (χ1n) is 16.2. The number of likely N-dealkylation sites (N-methyl/N-ethyl adjacent to an activating group) is 1. The van der Waals surface area contributed by atoms with Crippen LogP contribution in [0.15, 0.2) is 41.1 Å². The van der Waals surface area contributed by atoms with E-state index in [1.807, 2.05) is 44.2 Å². The fourth-order valence-electron chi connectivity index (χ4n) is 5.68. The van der Waals surface area contributed by atoms with Crippen molar-refractivity contribution in [2.75, 3.05) is 59.4 Å². The molecule has 0 unspecified atom stereocenters. The summed E-state index contributed by atoms with van der Waals surface area (Å²) in [5, 5.41) is 13.7. The number of thiazole rings is 2. The van der Waals surface area contributed by atoms with Crippen molar-refractivity contribution in [1.29, 1.82) is 0 Å². The van der Waals surface area contributed by atoms with E-state index in [2.05, 4.69) is 42.8 Å². The smallest absolute Gasteiger partial charge is 0.271 e. The number of carbonyl (C=O) groups is 4. The third-order valence-electron chi connectivity index (χ3n) is 8.39. The fraction of sp³-hybridized carbons (Fsp3) is 0.515. The molecule has 3 aromatic rings. The lowest BCUT2D eigenvalue weighted by molar-refractivity contribution is -0.137. The van der Waals surface area contributed by atoms with Crippen molar-refractivity contribution in [2.24, 2.45) is 5.92 Å². The molecule has 2 aliphatic heterocycles. The molecule has 12 nitrogen and oxygen atoms in total. The quantitative estimate of drug-likeness (QED) is 0.374. The van der Waals surface area contributed by atoms with Gasteiger partial charge in [-0.1, -0.05) is 44.2 Å². The van der Waals surface area contributed by atoms with Gasteiger partial charge in [-0.3, -0.25) is 24.1 Å². The van der Waals surface area contributed by atoms with E-state index < -0.39 is 12.1 Å². The normalized spacial score (nSPS) is 21.2. The van der Waals surface area contributed by atoms with Gasteiger partial charge in [0, 0.05) is 36.9 Å². The zero-order chi connectivity index (χ0) is 33.3. The van der Waals surface area contributed by atoms with Crippen LogP contribution in [0.2, 0.25) is 0 Å². The van der Waals surface area contributed by atoms with Crippen LogP contribution in [0, 0.1) is 5.92 Å². The minimum absolute atomic E-state index is 0.0112. The van der Waals surface area contributed by atoms with Gasteiger partial charge in [-0.2, -0.15) is 0 Å². The van der Waals surface area contributed by atoms with Crippen LogP contribution >= 0.6 is 22.7 Å². The summed E-state index contributed by atoms with van der Waals surface area (Å²) in [7, 11) is 2.08. The predicted octanol–water partition coefficient (Wildman–Crippen LogP) is 2.73. The average molecular weight is 681 g/mol. The Morgan fingerprint density at radius 3 is 2.38 bits per heavy atom. The van der Waals surface area contributed by atoms with Gasteiger partial charge >= 0.3 is 0 Å². The molecule has 4 heterocycles. The number of nitrogens with zero attached hydrogens (tertiary/aromatic N) is 5. The number of hydrogen-bond donors (Lipinski definition) is 3. The molecule has 1 saturated heterocycles. The summed E-state index contributed by atoms with van der Waals surface area (Å²) < 4.78 is 0. The van der Waals surface area contributed by atoms with Crippen LogP contribution in [0.1, 0.15) is 75.3 Å². The third kappa shape index (κ3) is 9.66. The molecule has 4 amide bonds. The first-order valence-corrected chi connectivity index (χ1v) is 17.9. The van der Waals surface area contributed by atoms with Crippen molar-refractivity contribution in [2.45, 2.75) is 45.2 Å². The maximum Gasteiger partial charge on any atom is 0.271 e. The number of carbonyl (C=O) groups excluding carboxylic acids is 4. The average Bonchev–Trinajstić information content (AvgIpc) is 3.70. The molecule has 3 N–H and O–H groups in total. The number of amides is 4. The number of benzene rings is 1. The second-order valence-electron chi connectivity index (χ2n) is 12.5. The number of rotatable bonds is 5. The van der Waals surface area contributed by atoms with Gasteiger partial charge in [-0.15, -0.1) is 22.7 Å². The van der Waals surface area contributed by atoms with Crippen LogP contribution in [0.4, 0.5) is 0 Å². The summed E-state index contributed by atoms with van der Waals surface area (Å²) in [5.41, 5.74) is 1.53. The summed E-state index contributed by atoms with van der Waals surface area (Å²) >= 11 is 2.64. The summed E-state index contributed by atoms with van der Waals surface area (Å²) in [4.78, 5) is 68.9. The van der Waals surface area contributed by atoms with Crippen molar-refractivity contribution in [3.63, 3.8) is 0 Å². The Kier molecular flexibility index (Phi) is 12.1. The molecule has 252 valence electrons. The highest BCUT2D eigenvalue weighted by atomic mass is 32.1. The highest BCUT2D eigenvalue weighted by Crippen LogP contribution is 2.27. The predicted molar refractivity (Wildman–Crippen MR) is 182 cm³/mol. The van der Waals surface area contributed by atoms with Crippen LogP contribution in [-0.2, 0) is 16.0 Å². The zero-order valence-corrected chi connectivity index (χ0v) is 28.9. The van der Waals surface area contributed by atoms with Crippen LogP contribution in [0.3, 0.4) is 0 Å². The van der Waals surface area contributed by atoms with Gasteiger partial charge in [-0.05, 0) is 50.9 Å². The minimum Gasteiger partial charge on any atom is -0.351 e. The van der Waals surface area contributed by atoms with E-state index in [1.165, 1.54) is 22.7 Å². The number of nitrogens with one attached hydrogen (secondary N) is 3. The van der Waals surface area contributed by atoms with Crippen molar-refractivity contribution in [3.8, 4) is 0 Å². The number of fused-ring (bicyclic) bond motifs is 4. The Labute approximate surface area is 283 Å². The van der Waals surface area contributed by atoms with Crippen molar-refractivity contribution >= 4 is 46.3 Å². The van der Waals surface area contributed by atoms with Crippen LogP contribution in [-0.4, -0.2) is 108 Å². The Morgan fingerprint density at radius 1 is 0.894 bits per heavy atom. The van der Waals surface area contributed by atoms with Crippen LogP contribution < -0.4 is 16.0 Å². The minimum atomic E-state index is -0.502. The van der Waals surface area contributed by atoms with E-state index >= 15 is 0 Å². The second kappa shape index (κ2) is 16.4. The molecule has 1 fully saturated rings. The lowest BCUT2D eigenvalue weighted by Gasteiger charge is -2.27. The highest BCUT2D eigenvalue weighted by molar-refractivity contribution is 7.10. The van der Waals surface area contributed by atoms with Crippen LogP contribution in [0.25, 0.3) is 0 Å². The largest absolute Gasteiger partial charge is 0.351 e. The molecule has 14 heteroatoms. The molecule has 0 saturated carbocycles. The highest BCUT2D eigenvalue weighted by Gasteiger charge is 2.28. The van der Waals surface area contributed by atoms with Gasteiger partial charge in [0.15, 0.2) is 0 Å². The van der Waals surface area contributed by atoms with Gasteiger partial charge in [0.1, 0.15) is 21.4 Å². The van der Waals surface area contributed by atoms with Crippen molar-refractivity contribution in [1.82, 2.24) is 40.6 Å². The van der Waals surface area contributed by atoms with E-state index in [-0.39, 0.29) is 54.0 Å². The molecule has 4 bridgehead atoms. The topological polar surface area (TPSA) is 140 Å². The molecule has 2 aromatic heterocycles. The molecule has 0 aliphatic carbocycles. The van der Waals surface area contributed by atoms with Gasteiger partial charge in [-0.25, -0.2) is 9.97 Å². The molecule has 1 aromatic carbocycles. The number of aromatic nitrogens is 2. The Balaban J connectivity index is 1.41. The van der Waals surface area contributed by atoms with Gasteiger partial charge in [0.2, 0.25) is 11.8 Å². The Morgan fingerprint density at radius 2 is 1.62 bits per heavy atom. The Bertz CT molecular complexity index is 1530. The number of hydrogen-bond acceptors (Lipinski definition) is 10. The molecule has 0 radical (unpaired) electrons. The maximum atomic E-state index is 13.7.